The van der Waals surface area contributed by atoms with E-state index in [2.05, 4.69) is 15.5 Å². The first-order valence-electron chi connectivity index (χ1n) is 8.13. The molecule has 2 aromatic carbocycles. The largest absolute Gasteiger partial charge is 0.419 e. The van der Waals surface area contributed by atoms with Gasteiger partial charge in [0.05, 0.1) is 13.1 Å². The van der Waals surface area contributed by atoms with Gasteiger partial charge in [0.25, 0.3) is 0 Å². The lowest BCUT2D eigenvalue weighted by atomic mass is 10.1. The highest BCUT2D eigenvalue weighted by molar-refractivity contribution is 5.92. The number of benzene rings is 2. The number of nitrogens with one attached hydrogen (secondary N) is 1. The van der Waals surface area contributed by atoms with E-state index in [0.717, 1.165) is 11.1 Å². The van der Waals surface area contributed by atoms with E-state index in [1.54, 1.807) is 24.1 Å². The van der Waals surface area contributed by atoms with Gasteiger partial charge >= 0.3 is 0 Å². The zero-order valence-electron chi connectivity index (χ0n) is 14.6. The Kier molecular flexibility index (Phi) is 5.38. The molecule has 0 radical (unpaired) electrons. The van der Waals surface area contributed by atoms with E-state index < -0.39 is 5.82 Å². The molecule has 0 aliphatic heterocycles. The highest BCUT2D eigenvalue weighted by atomic mass is 19.1. The zero-order chi connectivity index (χ0) is 18.5. The summed E-state index contributed by atoms with van der Waals surface area (Å²) in [7, 11) is 1.77. The highest BCUT2D eigenvalue weighted by Gasteiger charge is 2.13. The molecule has 0 bridgehead atoms. The smallest absolute Gasteiger partial charge is 0.247 e. The van der Waals surface area contributed by atoms with Crippen LogP contribution in [0.5, 0.6) is 0 Å². The van der Waals surface area contributed by atoms with Crippen molar-refractivity contribution in [3.63, 3.8) is 0 Å². The molecule has 6 nitrogen and oxygen atoms in total. The molecule has 3 rings (SSSR count). The monoisotopic (exact) mass is 354 g/mol. The Labute approximate surface area is 150 Å². The van der Waals surface area contributed by atoms with Crippen molar-refractivity contribution in [3.8, 4) is 11.5 Å². The summed E-state index contributed by atoms with van der Waals surface area (Å²) in [6.07, 6.45) is 0. The summed E-state index contributed by atoms with van der Waals surface area (Å²) in [5, 5.41) is 10.7. The Morgan fingerprint density at radius 2 is 2.00 bits per heavy atom. The van der Waals surface area contributed by atoms with Gasteiger partial charge in [0, 0.05) is 11.3 Å². The lowest BCUT2D eigenvalue weighted by Crippen LogP contribution is -2.29. The number of likely N-dealkylation sites (N-methyl/N-ethyl adjacent to an activating group) is 1. The molecule has 1 aromatic heterocycles. The summed E-state index contributed by atoms with van der Waals surface area (Å²) in [6.45, 7) is 2.43. The Bertz CT molecular complexity index is 910. The van der Waals surface area contributed by atoms with Crippen LogP contribution in [-0.2, 0) is 11.3 Å². The van der Waals surface area contributed by atoms with Crippen LogP contribution in [0.1, 0.15) is 11.5 Å². The number of aryl methyl sites for hydroxylation is 1. The number of rotatable bonds is 6. The minimum atomic E-state index is -0.398. The van der Waals surface area contributed by atoms with Crippen LogP contribution in [0.2, 0.25) is 0 Å². The van der Waals surface area contributed by atoms with Gasteiger partial charge in [-0.05, 0) is 44.3 Å². The standard InChI is InChI=1S/C19H19FN4O2/c1-13-5-3-6-14(9-13)19-23-22-18(26-19)12-24(2)11-17(25)21-16-8-4-7-15(20)10-16/h3-10H,11-12H2,1-2H3,(H,21,25). The number of carbonyl (C=O) groups excluding carboxylic acids is 1. The molecule has 0 saturated heterocycles. The number of hydrogen-bond donors (Lipinski definition) is 1. The average molecular weight is 354 g/mol. The predicted octanol–water partition coefficient (Wildman–Crippen LogP) is 3.25. The molecule has 0 spiro atoms. The first-order valence-corrected chi connectivity index (χ1v) is 8.13. The Hall–Kier alpha value is -3.06. The van der Waals surface area contributed by atoms with Gasteiger partial charge in [-0.2, -0.15) is 0 Å². The summed E-state index contributed by atoms with van der Waals surface area (Å²) in [5.41, 5.74) is 2.38. The third-order valence-corrected chi connectivity index (χ3v) is 3.66. The van der Waals surface area contributed by atoms with Crippen molar-refractivity contribution >= 4 is 11.6 Å². The van der Waals surface area contributed by atoms with Crippen LogP contribution in [-0.4, -0.2) is 34.6 Å². The molecule has 134 valence electrons. The number of amides is 1. The Balaban J connectivity index is 1.56. The van der Waals surface area contributed by atoms with Gasteiger partial charge in [0.2, 0.25) is 17.7 Å². The maximum atomic E-state index is 13.1. The van der Waals surface area contributed by atoms with E-state index >= 15 is 0 Å². The van der Waals surface area contributed by atoms with Crippen LogP contribution in [0.4, 0.5) is 10.1 Å². The fourth-order valence-electron chi connectivity index (χ4n) is 2.51. The fraction of sp³-hybridized carbons (Fsp3) is 0.211. The molecular formula is C19H19FN4O2. The van der Waals surface area contributed by atoms with Gasteiger partial charge in [0.15, 0.2) is 0 Å². The molecule has 0 atom stereocenters. The van der Waals surface area contributed by atoms with E-state index in [1.807, 2.05) is 31.2 Å². The first-order chi connectivity index (χ1) is 12.5. The maximum absolute atomic E-state index is 13.1. The summed E-state index contributed by atoms with van der Waals surface area (Å²) in [5.74, 6) is 0.214. The van der Waals surface area contributed by atoms with Crippen LogP contribution in [0.3, 0.4) is 0 Å². The van der Waals surface area contributed by atoms with E-state index in [4.69, 9.17) is 4.42 Å². The van der Waals surface area contributed by atoms with Crippen molar-refractivity contribution in [1.29, 1.82) is 0 Å². The Morgan fingerprint density at radius 3 is 2.77 bits per heavy atom. The number of nitrogens with zero attached hydrogens (tertiary/aromatic N) is 3. The van der Waals surface area contributed by atoms with Crippen molar-refractivity contribution in [1.82, 2.24) is 15.1 Å². The van der Waals surface area contributed by atoms with Gasteiger partial charge in [-0.1, -0.05) is 23.8 Å². The lowest BCUT2D eigenvalue weighted by molar-refractivity contribution is -0.117. The molecule has 3 aromatic rings. The van der Waals surface area contributed by atoms with E-state index in [9.17, 15) is 9.18 Å². The van der Waals surface area contributed by atoms with Gasteiger partial charge in [-0.15, -0.1) is 10.2 Å². The minimum Gasteiger partial charge on any atom is -0.419 e. The topological polar surface area (TPSA) is 71.3 Å². The van der Waals surface area contributed by atoms with Crippen molar-refractivity contribution < 1.29 is 13.6 Å². The van der Waals surface area contributed by atoms with Crippen LogP contribution < -0.4 is 5.32 Å². The first kappa shape index (κ1) is 17.8. The van der Waals surface area contributed by atoms with Crippen LogP contribution in [0.15, 0.2) is 52.9 Å². The summed E-state index contributed by atoms with van der Waals surface area (Å²) in [6, 6.07) is 13.6. The normalized spacial score (nSPS) is 10.9. The van der Waals surface area contributed by atoms with Crippen molar-refractivity contribution in [2.45, 2.75) is 13.5 Å². The van der Waals surface area contributed by atoms with Gasteiger partial charge in [-0.25, -0.2) is 4.39 Å². The van der Waals surface area contributed by atoms with Gasteiger partial charge in [-0.3, -0.25) is 9.69 Å². The summed E-state index contributed by atoms with van der Waals surface area (Å²) >= 11 is 0. The summed E-state index contributed by atoms with van der Waals surface area (Å²) < 4.78 is 18.8. The quantitative estimate of drug-likeness (QED) is 0.736. The molecule has 0 aliphatic rings. The van der Waals surface area contributed by atoms with Crippen LogP contribution in [0, 0.1) is 12.7 Å². The Morgan fingerprint density at radius 1 is 1.19 bits per heavy atom. The molecule has 1 amide bonds. The molecule has 0 fully saturated rings. The molecule has 0 unspecified atom stereocenters. The maximum Gasteiger partial charge on any atom is 0.247 e. The number of halogens is 1. The van der Waals surface area contributed by atoms with E-state index in [0.29, 0.717) is 24.0 Å². The number of anilines is 1. The average Bonchev–Trinajstić information content (AvgIpc) is 3.03. The SMILES string of the molecule is Cc1cccc(-c2nnc(CN(C)CC(=O)Nc3cccc(F)c3)o2)c1. The number of aromatic nitrogens is 2. The molecule has 0 saturated carbocycles. The molecule has 7 heteroatoms. The predicted molar refractivity (Wildman–Crippen MR) is 95.8 cm³/mol. The summed E-state index contributed by atoms with van der Waals surface area (Å²) in [4.78, 5) is 13.8. The third-order valence-electron chi connectivity index (χ3n) is 3.66. The van der Waals surface area contributed by atoms with Crippen LogP contribution in [0.25, 0.3) is 11.5 Å². The number of hydrogen-bond acceptors (Lipinski definition) is 5. The van der Waals surface area contributed by atoms with Gasteiger partial charge < -0.3 is 9.73 Å². The van der Waals surface area contributed by atoms with E-state index in [-0.39, 0.29) is 12.5 Å². The molecule has 1 N–H and O–H groups in total. The van der Waals surface area contributed by atoms with Crippen molar-refractivity contribution in [2.75, 3.05) is 18.9 Å². The van der Waals surface area contributed by atoms with Crippen LogP contribution >= 0.6 is 0 Å². The molecular weight excluding hydrogens is 335 g/mol. The lowest BCUT2D eigenvalue weighted by Gasteiger charge is -2.14. The third kappa shape index (κ3) is 4.73. The molecule has 1 heterocycles. The molecule has 26 heavy (non-hydrogen) atoms. The molecule has 0 aliphatic carbocycles. The number of carbonyl (C=O) groups is 1. The fourth-order valence-corrected chi connectivity index (χ4v) is 2.51. The second kappa shape index (κ2) is 7.88. The zero-order valence-corrected chi connectivity index (χ0v) is 14.6. The highest BCUT2D eigenvalue weighted by Crippen LogP contribution is 2.19. The van der Waals surface area contributed by atoms with Crippen molar-refractivity contribution in [2.24, 2.45) is 0 Å². The van der Waals surface area contributed by atoms with Gasteiger partial charge in [0.1, 0.15) is 5.82 Å². The van der Waals surface area contributed by atoms with E-state index in [1.165, 1.54) is 12.1 Å². The second-order valence-electron chi connectivity index (χ2n) is 6.10. The second-order valence-corrected chi connectivity index (χ2v) is 6.10. The van der Waals surface area contributed by atoms with Crippen molar-refractivity contribution in [3.05, 3.63) is 65.8 Å². The minimum absolute atomic E-state index is 0.110.